The van der Waals surface area contributed by atoms with Gasteiger partial charge in [-0.1, -0.05) is 24.3 Å². The third-order valence-electron chi connectivity index (χ3n) is 2.74. The molecule has 2 rings (SSSR count). The largest absolute Gasteiger partial charge is 0.479 e. The zero-order chi connectivity index (χ0) is 13.5. The van der Waals surface area contributed by atoms with Gasteiger partial charge in [0.25, 0.3) is 0 Å². The van der Waals surface area contributed by atoms with Crippen molar-refractivity contribution in [1.29, 1.82) is 5.26 Å². The van der Waals surface area contributed by atoms with Crippen molar-refractivity contribution >= 4 is 5.69 Å². The smallest absolute Gasteiger partial charge is 0.174 e. The third-order valence-corrected chi connectivity index (χ3v) is 2.74. The van der Waals surface area contributed by atoms with Crippen LogP contribution in [0.5, 0.6) is 5.75 Å². The maximum absolute atomic E-state index is 8.43. The van der Waals surface area contributed by atoms with Gasteiger partial charge in [-0.25, -0.2) is 0 Å². The Morgan fingerprint density at radius 2 is 1.95 bits per heavy atom. The first-order valence-corrected chi connectivity index (χ1v) is 6.17. The molecule has 0 bridgehead atoms. The third kappa shape index (κ3) is 4.04. The number of hydrogen-bond acceptors (Lipinski definition) is 3. The Kier molecular flexibility index (Phi) is 4.41. The van der Waals surface area contributed by atoms with Crippen LogP contribution in [0.25, 0.3) is 0 Å². The van der Waals surface area contributed by atoms with Crippen LogP contribution in [-0.4, -0.2) is 6.61 Å². The van der Waals surface area contributed by atoms with E-state index in [9.17, 15) is 0 Å². The van der Waals surface area contributed by atoms with Crippen LogP contribution < -0.4 is 10.1 Å². The molecule has 0 heterocycles. The molecule has 0 atom stereocenters. The summed E-state index contributed by atoms with van der Waals surface area (Å²) >= 11 is 0. The number of rotatable bonds is 5. The van der Waals surface area contributed by atoms with Crippen LogP contribution in [0.15, 0.2) is 48.5 Å². The molecule has 96 valence electrons. The van der Waals surface area contributed by atoms with Crippen molar-refractivity contribution in [2.45, 2.75) is 13.5 Å². The lowest BCUT2D eigenvalue weighted by atomic mass is 10.2. The van der Waals surface area contributed by atoms with Crippen LogP contribution in [0.4, 0.5) is 5.69 Å². The van der Waals surface area contributed by atoms with Gasteiger partial charge in [-0.3, -0.25) is 0 Å². The number of nitrogens with zero attached hydrogens (tertiary/aromatic N) is 1. The summed E-state index contributed by atoms with van der Waals surface area (Å²) in [7, 11) is 0. The fourth-order valence-electron chi connectivity index (χ4n) is 1.78. The molecule has 0 radical (unpaired) electrons. The maximum Gasteiger partial charge on any atom is 0.174 e. The number of ether oxygens (including phenoxy) is 1. The van der Waals surface area contributed by atoms with Crippen LogP contribution in [0.2, 0.25) is 0 Å². The topological polar surface area (TPSA) is 45.0 Å². The molecule has 0 aliphatic carbocycles. The van der Waals surface area contributed by atoms with E-state index in [1.807, 2.05) is 36.4 Å². The fourth-order valence-corrected chi connectivity index (χ4v) is 1.78. The highest BCUT2D eigenvalue weighted by atomic mass is 16.5. The second-order valence-corrected chi connectivity index (χ2v) is 4.31. The summed E-state index contributed by atoms with van der Waals surface area (Å²) in [6.45, 7) is 2.93. The lowest BCUT2D eigenvalue weighted by Crippen LogP contribution is -2.00. The number of nitrogens with one attached hydrogen (secondary N) is 1. The summed E-state index contributed by atoms with van der Waals surface area (Å²) in [5.74, 6) is 0.723. The average Bonchev–Trinajstić information content (AvgIpc) is 2.44. The molecular formula is C16H16N2O. The second-order valence-electron chi connectivity index (χ2n) is 4.31. The fraction of sp³-hybridized carbons (Fsp3) is 0.188. The molecule has 0 unspecified atom stereocenters. The summed E-state index contributed by atoms with van der Waals surface area (Å²) in [5, 5.41) is 11.8. The van der Waals surface area contributed by atoms with Gasteiger partial charge in [-0.05, 0) is 42.3 Å². The maximum atomic E-state index is 8.43. The van der Waals surface area contributed by atoms with Crippen LogP contribution >= 0.6 is 0 Å². The molecule has 3 nitrogen and oxygen atoms in total. The van der Waals surface area contributed by atoms with Gasteiger partial charge in [0.2, 0.25) is 0 Å². The summed E-state index contributed by atoms with van der Waals surface area (Å²) in [6.07, 6.45) is 0. The van der Waals surface area contributed by atoms with Crippen LogP contribution in [0.1, 0.15) is 11.1 Å². The van der Waals surface area contributed by atoms with E-state index in [0.29, 0.717) is 0 Å². The Hall–Kier alpha value is -2.47. The molecular weight excluding hydrogens is 236 g/mol. The molecule has 2 aromatic carbocycles. The Balaban J connectivity index is 1.91. The first-order valence-electron chi connectivity index (χ1n) is 6.17. The normalized spacial score (nSPS) is 9.68. The minimum atomic E-state index is 0.0842. The minimum absolute atomic E-state index is 0.0842. The molecule has 0 aromatic heterocycles. The standard InChI is InChI=1S/C16H16N2O/c1-13-3-2-4-15(11-13)18-12-14-5-7-16(8-6-14)19-10-9-17/h2-8,11,18H,10,12H2,1H3. The van der Waals surface area contributed by atoms with Crippen molar-refractivity contribution in [1.82, 2.24) is 0 Å². The van der Waals surface area contributed by atoms with Gasteiger partial charge in [0.1, 0.15) is 11.8 Å². The lowest BCUT2D eigenvalue weighted by molar-refractivity contribution is 0.368. The summed E-state index contributed by atoms with van der Waals surface area (Å²) in [4.78, 5) is 0. The number of hydrogen-bond donors (Lipinski definition) is 1. The molecule has 3 heteroatoms. The Morgan fingerprint density at radius 3 is 2.63 bits per heavy atom. The van der Waals surface area contributed by atoms with Crippen molar-refractivity contribution in [3.63, 3.8) is 0 Å². The van der Waals surface area contributed by atoms with E-state index in [0.717, 1.165) is 18.0 Å². The first-order chi connectivity index (χ1) is 9.28. The minimum Gasteiger partial charge on any atom is -0.479 e. The van der Waals surface area contributed by atoms with E-state index in [1.165, 1.54) is 11.1 Å². The second kappa shape index (κ2) is 6.46. The molecule has 0 aliphatic heterocycles. The van der Waals surface area contributed by atoms with Crippen molar-refractivity contribution in [2.24, 2.45) is 0 Å². The first kappa shape index (κ1) is 13.0. The van der Waals surface area contributed by atoms with Crippen molar-refractivity contribution < 1.29 is 4.74 Å². The zero-order valence-electron chi connectivity index (χ0n) is 10.9. The van der Waals surface area contributed by atoms with Crippen molar-refractivity contribution in [3.05, 3.63) is 59.7 Å². The Labute approximate surface area is 113 Å². The summed E-state index contributed by atoms with van der Waals surface area (Å²) < 4.78 is 5.21. The highest BCUT2D eigenvalue weighted by Crippen LogP contribution is 2.14. The van der Waals surface area contributed by atoms with Crippen molar-refractivity contribution in [2.75, 3.05) is 11.9 Å². The predicted molar refractivity (Wildman–Crippen MR) is 76.1 cm³/mol. The molecule has 1 N–H and O–H groups in total. The molecule has 0 saturated carbocycles. The SMILES string of the molecule is Cc1cccc(NCc2ccc(OCC#N)cc2)c1. The molecule has 0 amide bonds. The van der Waals surface area contributed by atoms with Gasteiger partial charge in [0, 0.05) is 12.2 Å². The highest BCUT2D eigenvalue weighted by molar-refractivity contribution is 5.46. The monoisotopic (exact) mass is 252 g/mol. The van der Waals surface area contributed by atoms with Gasteiger partial charge < -0.3 is 10.1 Å². The average molecular weight is 252 g/mol. The van der Waals surface area contributed by atoms with E-state index in [4.69, 9.17) is 10.00 Å². The Bertz CT molecular complexity index is 570. The number of nitriles is 1. The predicted octanol–water partition coefficient (Wildman–Crippen LogP) is 3.51. The highest BCUT2D eigenvalue weighted by Gasteiger charge is 1.96. The molecule has 2 aromatic rings. The van der Waals surface area contributed by atoms with E-state index in [2.05, 4.69) is 30.4 Å². The molecule has 19 heavy (non-hydrogen) atoms. The summed E-state index contributed by atoms with van der Waals surface area (Å²) in [6, 6.07) is 18.0. The van der Waals surface area contributed by atoms with Crippen molar-refractivity contribution in [3.8, 4) is 11.8 Å². The van der Waals surface area contributed by atoms with Gasteiger partial charge >= 0.3 is 0 Å². The van der Waals surface area contributed by atoms with E-state index in [1.54, 1.807) is 0 Å². The van der Waals surface area contributed by atoms with Gasteiger partial charge in [0.05, 0.1) is 0 Å². The quantitative estimate of drug-likeness (QED) is 0.885. The van der Waals surface area contributed by atoms with E-state index >= 15 is 0 Å². The van der Waals surface area contributed by atoms with E-state index in [-0.39, 0.29) is 6.61 Å². The van der Waals surface area contributed by atoms with Gasteiger partial charge in [-0.15, -0.1) is 0 Å². The number of benzene rings is 2. The lowest BCUT2D eigenvalue weighted by Gasteiger charge is -2.08. The van der Waals surface area contributed by atoms with Gasteiger partial charge in [-0.2, -0.15) is 5.26 Å². The molecule has 0 spiro atoms. The van der Waals surface area contributed by atoms with Crippen LogP contribution in [0, 0.1) is 18.3 Å². The van der Waals surface area contributed by atoms with E-state index < -0.39 is 0 Å². The number of aryl methyl sites for hydroxylation is 1. The van der Waals surface area contributed by atoms with Gasteiger partial charge in [0.15, 0.2) is 6.61 Å². The van der Waals surface area contributed by atoms with Crippen LogP contribution in [-0.2, 0) is 6.54 Å². The van der Waals surface area contributed by atoms with Crippen LogP contribution in [0.3, 0.4) is 0 Å². The number of anilines is 1. The summed E-state index contributed by atoms with van der Waals surface area (Å²) in [5.41, 5.74) is 3.53. The molecule has 0 aliphatic rings. The Morgan fingerprint density at radius 1 is 1.16 bits per heavy atom. The molecule has 0 saturated heterocycles. The zero-order valence-corrected chi connectivity index (χ0v) is 10.9. The molecule has 0 fully saturated rings.